The van der Waals surface area contributed by atoms with E-state index in [0.29, 0.717) is 11.3 Å². The highest BCUT2D eigenvalue weighted by atomic mass is 16.5. The summed E-state index contributed by atoms with van der Waals surface area (Å²) in [6, 6.07) is 27.5. The molecule has 1 saturated heterocycles. The van der Waals surface area contributed by atoms with Crippen LogP contribution in [0.5, 0.6) is 0 Å². The van der Waals surface area contributed by atoms with Crippen LogP contribution in [0.4, 0.5) is 5.69 Å². The summed E-state index contributed by atoms with van der Waals surface area (Å²) in [5.74, 6) is -0.317. The Morgan fingerprint density at radius 3 is 2.26 bits per heavy atom. The number of hydrogen-bond donors (Lipinski definition) is 1. The lowest BCUT2D eigenvalue weighted by molar-refractivity contribution is 0.0955. The van der Waals surface area contributed by atoms with Crippen molar-refractivity contribution in [1.82, 2.24) is 15.2 Å². The molecule has 1 aliphatic rings. The molecule has 5 rings (SSSR count). The van der Waals surface area contributed by atoms with Crippen LogP contribution >= 0.6 is 0 Å². The number of nitrogens with one attached hydrogen (secondary N) is 1. The lowest BCUT2D eigenvalue weighted by Crippen LogP contribution is -2.36. The van der Waals surface area contributed by atoms with Gasteiger partial charge in [0.05, 0.1) is 30.7 Å². The number of benzene rings is 3. The Kier molecular flexibility index (Phi) is 6.45. The second kappa shape index (κ2) is 10.1. The quantitative estimate of drug-likeness (QED) is 0.353. The predicted molar refractivity (Wildman–Crippen MR) is 134 cm³/mol. The van der Waals surface area contributed by atoms with Gasteiger partial charge in [-0.15, -0.1) is 0 Å². The van der Waals surface area contributed by atoms with Crippen LogP contribution in [0.25, 0.3) is 16.9 Å². The maximum Gasteiger partial charge on any atom is 0.275 e. The summed E-state index contributed by atoms with van der Waals surface area (Å²) in [6.45, 7) is 3.29. The Bertz CT molecular complexity index is 1260. The first kappa shape index (κ1) is 21.6. The van der Waals surface area contributed by atoms with E-state index < -0.39 is 0 Å². The fourth-order valence-electron chi connectivity index (χ4n) is 3.88. The first-order valence-corrected chi connectivity index (χ1v) is 11.2. The molecule has 0 spiro atoms. The van der Waals surface area contributed by atoms with Gasteiger partial charge in [0.15, 0.2) is 0 Å². The van der Waals surface area contributed by atoms with E-state index in [4.69, 9.17) is 4.74 Å². The first-order valence-electron chi connectivity index (χ1n) is 11.2. The summed E-state index contributed by atoms with van der Waals surface area (Å²) in [7, 11) is 0. The van der Waals surface area contributed by atoms with Gasteiger partial charge in [-0.2, -0.15) is 10.2 Å². The van der Waals surface area contributed by atoms with Gasteiger partial charge in [-0.25, -0.2) is 10.1 Å². The normalized spacial score (nSPS) is 13.8. The van der Waals surface area contributed by atoms with E-state index in [9.17, 15) is 4.79 Å². The van der Waals surface area contributed by atoms with E-state index in [-0.39, 0.29) is 5.91 Å². The molecule has 0 atom stereocenters. The second-order valence-corrected chi connectivity index (χ2v) is 7.93. The van der Waals surface area contributed by atoms with Crippen molar-refractivity contribution in [1.29, 1.82) is 0 Å². The van der Waals surface area contributed by atoms with Crippen molar-refractivity contribution in [3.05, 3.63) is 102 Å². The number of hydrogen-bond acceptors (Lipinski definition) is 5. The Balaban J connectivity index is 1.33. The first-order chi connectivity index (χ1) is 16.8. The van der Waals surface area contributed by atoms with Crippen LogP contribution in [-0.2, 0) is 4.74 Å². The lowest BCUT2D eigenvalue weighted by Gasteiger charge is -2.28. The Morgan fingerprint density at radius 1 is 0.882 bits per heavy atom. The zero-order valence-corrected chi connectivity index (χ0v) is 18.7. The molecule has 2 heterocycles. The summed E-state index contributed by atoms with van der Waals surface area (Å²) in [4.78, 5) is 15.3. The van der Waals surface area contributed by atoms with Crippen LogP contribution in [-0.4, -0.2) is 48.2 Å². The highest BCUT2D eigenvalue weighted by Crippen LogP contribution is 2.23. The zero-order valence-electron chi connectivity index (χ0n) is 18.7. The van der Waals surface area contributed by atoms with E-state index in [2.05, 4.69) is 32.7 Å². The third kappa shape index (κ3) is 4.89. The second-order valence-electron chi connectivity index (χ2n) is 7.93. The number of amides is 1. The van der Waals surface area contributed by atoms with Gasteiger partial charge in [-0.3, -0.25) is 4.79 Å². The molecule has 3 aromatic carbocycles. The fourth-order valence-corrected chi connectivity index (χ4v) is 3.88. The molecule has 0 radical (unpaired) electrons. The zero-order chi connectivity index (χ0) is 23.2. The Labute approximate surface area is 198 Å². The summed E-state index contributed by atoms with van der Waals surface area (Å²) >= 11 is 0. The highest BCUT2D eigenvalue weighted by molar-refractivity contribution is 6.00. The van der Waals surface area contributed by atoms with Crippen molar-refractivity contribution in [3.63, 3.8) is 0 Å². The number of hydrazone groups is 1. The van der Waals surface area contributed by atoms with Crippen LogP contribution < -0.4 is 10.3 Å². The van der Waals surface area contributed by atoms with Crippen molar-refractivity contribution in [2.45, 2.75) is 0 Å². The molecule has 1 aliphatic heterocycles. The molecule has 1 fully saturated rings. The van der Waals surface area contributed by atoms with E-state index in [1.807, 2.05) is 72.8 Å². The van der Waals surface area contributed by atoms with E-state index in [1.165, 1.54) is 0 Å². The Morgan fingerprint density at radius 2 is 1.56 bits per heavy atom. The van der Waals surface area contributed by atoms with Gasteiger partial charge in [0, 0.05) is 30.5 Å². The third-order valence-electron chi connectivity index (χ3n) is 5.68. The van der Waals surface area contributed by atoms with Crippen molar-refractivity contribution in [3.8, 4) is 16.9 Å². The number of carbonyl (C=O) groups excluding carboxylic acids is 1. The molecular formula is C27H25N5O2. The van der Waals surface area contributed by atoms with Crippen molar-refractivity contribution in [2.75, 3.05) is 31.2 Å². The maximum absolute atomic E-state index is 13.0. The molecular weight excluding hydrogens is 426 g/mol. The van der Waals surface area contributed by atoms with Crippen molar-refractivity contribution < 1.29 is 9.53 Å². The highest BCUT2D eigenvalue weighted by Gasteiger charge is 2.18. The average molecular weight is 452 g/mol. The molecule has 7 nitrogen and oxygen atoms in total. The summed E-state index contributed by atoms with van der Waals surface area (Å²) < 4.78 is 7.12. The third-order valence-corrected chi connectivity index (χ3v) is 5.68. The molecule has 1 amide bonds. The van der Waals surface area contributed by atoms with Crippen molar-refractivity contribution >= 4 is 17.8 Å². The molecule has 0 aliphatic carbocycles. The van der Waals surface area contributed by atoms with E-state index >= 15 is 0 Å². The molecule has 0 unspecified atom stereocenters. The van der Waals surface area contributed by atoms with Gasteiger partial charge in [0.1, 0.15) is 5.69 Å². The number of morpholine rings is 1. The van der Waals surface area contributed by atoms with Gasteiger partial charge in [-0.05, 0) is 29.8 Å². The van der Waals surface area contributed by atoms with Crippen LogP contribution in [0.3, 0.4) is 0 Å². The topological polar surface area (TPSA) is 71.8 Å². The fraction of sp³-hybridized carbons (Fsp3) is 0.148. The maximum atomic E-state index is 13.0. The molecule has 0 bridgehead atoms. The molecule has 34 heavy (non-hydrogen) atoms. The minimum absolute atomic E-state index is 0.317. The van der Waals surface area contributed by atoms with Crippen LogP contribution in [0, 0.1) is 0 Å². The molecule has 1 aromatic heterocycles. The molecule has 7 heteroatoms. The van der Waals surface area contributed by atoms with Crippen molar-refractivity contribution in [2.24, 2.45) is 5.10 Å². The predicted octanol–water partition coefficient (Wildman–Crippen LogP) is 4.14. The smallest absolute Gasteiger partial charge is 0.275 e. The van der Waals surface area contributed by atoms with Gasteiger partial charge < -0.3 is 9.64 Å². The Hall–Kier alpha value is -4.23. The van der Waals surface area contributed by atoms with Crippen LogP contribution in [0.15, 0.2) is 96.2 Å². The molecule has 170 valence electrons. The summed E-state index contributed by atoms with van der Waals surface area (Å²) in [5.41, 5.74) is 7.51. The molecule has 1 N–H and O–H groups in total. The molecule has 0 saturated carbocycles. The number of aromatic nitrogens is 2. The number of anilines is 1. The minimum atomic E-state index is -0.317. The van der Waals surface area contributed by atoms with Gasteiger partial charge >= 0.3 is 0 Å². The molecule has 4 aromatic rings. The van der Waals surface area contributed by atoms with E-state index in [0.717, 1.165) is 48.8 Å². The summed E-state index contributed by atoms with van der Waals surface area (Å²) in [5, 5.41) is 8.86. The SMILES string of the molecule is O=C(N/N=C/c1ccc(N2CCOCC2)cc1)c1cn(-c2ccccc2)nc1-c1ccccc1. The van der Waals surface area contributed by atoms with Gasteiger partial charge in [-0.1, -0.05) is 60.7 Å². The lowest BCUT2D eigenvalue weighted by atomic mass is 10.1. The number of ether oxygens (including phenoxy) is 1. The van der Waals surface area contributed by atoms with Gasteiger partial charge in [0.2, 0.25) is 0 Å². The number of carbonyl (C=O) groups is 1. The number of para-hydroxylation sites is 1. The largest absolute Gasteiger partial charge is 0.378 e. The number of nitrogens with zero attached hydrogens (tertiary/aromatic N) is 4. The minimum Gasteiger partial charge on any atom is -0.378 e. The average Bonchev–Trinajstić information content (AvgIpc) is 3.36. The van der Waals surface area contributed by atoms with Crippen LogP contribution in [0.2, 0.25) is 0 Å². The van der Waals surface area contributed by atoms with Gasteiger partial charge in [0.25, 0.3) is 5.91 Å². The standard InChI is InChI=1S/C27H25N5O2/c33-27(29-28-19-21-11-13-23(14-12-21)31-15-17-34-18-16-31)25-20-32(24-9-5-2-6-10-24)30-26(25)22-7-3-1-4-8-22/h1-14,19-20H,15-18H2,(H,29,33)/b28-19+. The summed E-state index contributed by atoms with van der Waals surface area (Å²) in [6.07, 6.45) is 3.38. The monoisotopic (exact) mass is 451 g/mol. The van der Waals surface area contributed by atoms with E-state index in [1.54, 1.807) is 17.1 Å². The number of rotatable bonds is 6. The van der Waals surface area contributed by atoms with Crippen LogP contribution in [0.1, 0.15) is 15.9 Å².